The van der Waals surface area contributed by atoms with E-state index in [-0.39, 0.29) is 11.7 Å². The summed E-state index contributed by atoms with van der Waals surface area (Å²) in [6.07, 6.45) is 0. The van der Waals surface area contributed by atoms with Crippen LogP contribution in [0.5, 0.6) is 0 Å². The van der Waals surface area contributed by atoms with Crippen molar-refractivity contribution in [3.8, 4) is 0 Å². The number of ether oxygens (including phenoxy) is 3. The zero-order valence-corrected chi connectivity index (χ0v) is 11.5. The average molecular weight is 265 g/mol. The van der Waals surface area contributed by atoms with Gasteiger partial charge in [0, 0.05) is 12.6 Å². The molecule has 0 aliphatic rings. The van der Waals surface area contributed by atoms with E-state index in [2.05, 4.69) is 31.8 Å². The number of hydrogen-bond donors (Lipinski definition) is 2. The van der Waals surface area contributed by atoms with Crippen LogP contribution in [-0.4, -0.2) is 57.3 Å². The van der Waals surface area contributed by atoms with Gasteiger partial charge in [-0.3, -0.25) is 4.79 Å². The highest BCUT2D eigenvalue weighted by molar-refractivity contribution is 7.96. The maximum atomic E-state index is 10.4. The quantitative estimate of drug-likeness (QED) is 0.397. The number of nitrogens with one attached hydrogen (secondary N) is 1. The molecule has 102 valence electrons. The summed E-state index contributed by atoms with van der Waals surface area (Å²) in [5.74, 6) is 0. The fourth-order valence-electron chi connectivity index (χ4n) is 1.02. The van der Waals surface area contributed by atoms with E-state index in [9.17, 15) is 4.79 Å². The third-order valence-corrected chi connectivity index (χ3v) is 1.90. The van der Waals surface area contributed by atoms with Crippen LogP contribution in [0, 0.1) is 0 Å². The molecule has 0 saturated heterocycles. The minimum atomic E-state index is -0.272. The molecule has 0 radical (unpaired) electrons. The fraction of sp³-hybridized carbons (Fsp3) is 0.909. The zero-order valence-electron chi connectivity index (χ0n) is 10.6. The van der Waals surface area contributed by atoms with Gasteiger partial charge in [-0.25, -0.2) is 0 Å². The lowest BCUT2D eigenvalue weighted by atomic mass is 10.4. The van der Waals surface area contributed by atoms with Crippen LogP contribution in [0.1, 0.15) is 13.8 Å². The molecule has 0 aromatic rings. The third-order valence-electron chi connectivity index (χ3n) is 1.77. The molecule has 0 rings (SSSR count). The van der Waals surface area contributed by atoms with Crippen molar-refractivity contribution in [1.82, 2.24) is 5.32 Å². The minimum absolute atomic E-state index is 0.0316. The lowest BCUT2D eigenvalue weighted by molar-refractivity contribution is -0.115. The first-order valence-electron chi connectivity index (χ1n) is 5.81. The molecule has 0 saturated carbocycles. The summed E-state index contributed by atoms with van der Waals surface area (Å²) < 4.78 is 15.5. The molecule has 0 fully saturated rings. The Hall–Kier alpha value is -0.140. The third kappa shape index (κ3) is 15.9. The van der Waals surface area contributed by atoms with Crippen LogP contribution >= 0.6 is 12.6 Å². The summed E-state index contributed by atoms with van der Waals surface area (Å²) >= 11 is 3.57. The number of carbonyl (C=O) groups is 1. The summed E-state index contributed by atoms with van der Waals surface area (Å²) in [5, 5.41) is 2.98. The second kappa shape index (κ2) is 12.3. The maximum Gasteiger partial charge on any atom is 0.211 e. The van der Waals surface area contributed by atoms with Crippen molar-refractivity contribution < 1.29 is 19.0 Å². The zero-order chi connectivity index (χ0) is 12.9. The van der Waals surface area contributed by atoms with E-state index in [1.807, 2.05) is 0 Å². The predicted molar refractivity (Wildman–Crippen MR) is 69.6 cm³/mol. The minimum Gasteiger partial charge on any atom is -0.378 e. The van der Waals surface area contributed by atoms with Gasteiger partial charge in [0.15, 0.2) is 0 Å². The molecule has 0 atom stereocenters. The molecular weight excluding hydrogens is 242 g/mol. The molecule has 0 aromatic carbocycles. The monoisotopic (exact) mass is 265 g/mol. The second-order valence-electron chi connectivity index (χ2n) is 3.78. The van der Waals surface area contributed by atoms with Gasteiger partial charge in [0.05, 0.1) is 33.0 Å². The Morgan fingerprint density at radius 2 is 1.59 bits per heavy atom. The molecule has 5 nitrogen and oxygen atoms in total. The largest absolute Gasteiger partial charge is 0.378 e. The molecule has 0 spiro atoms. The topological polar surface area (TPSA) is 56.8 Å². The molecule has 0 amide bonds. The highest BCUT2D eigenvalue weighted by Gasteiger charge is 1.95. The number of carbonyl (C=O) groups excluding carboxylic acids is 1. The molecule has 0 unspecified atom stereocenters. The standard InChI is InChI=1S/C11H23NO4S/c1-10(2)12-3-4-14-5-6-15-7-8-16-9-11(13)17/h10,12H,3-9H2,1-2H3,(H,13,17). The van der Waals surface area contributed by atoms with Gasteiger partial charge in [-0.1, -0.05) is 13.8 Å². The van der Waals surface area contributed by atoms with Crippen molar-refractivity contribution in [2.24, 2.45) is 0 Å². The van der Waals surface area contributed by atoms with Gasteiger partial charge < -0.3 is 19.5 Å². The molecule has 6 heteroatoms. The van der Waals surface area contributed by atoms with Crippen LogP contribution in [0.25, 0.3) is 0 Å². The van der Waals surface area contributed by atoms with Crippen molar-refractivity contribution in [2.75, 3.05) is 46.2 Å². The van der Waals surface area contributed by atoms with Crippen molar-refractivity contribution >= 4 is 17.7 Å². The SMILES string of the molecule is CC(C)NCCOCCOCCOCC(=O)S. The normalized spacial score (nSPS) is 11.1. The first-order chi connectivity index (χ1) is 8.13. The molecular formula is C11H23NO4S. The first kappa shape index (κ1) is 16.9. The Morgan fingerprint density at radius 3 is 2.12 bits per heavy atom. The molecule has 0 heterocycles. The van der Waals surface area contributed by atoms with Crippen LogP contribution in [0.2, 0.25) is 0 Å². The Balaban J connectivity index is 2.96. The lowest BCUT2D eigenvalue weighted by Crippen LogP contribution is -2.27. The molecule has 0 aromatic heterocycles. The van der Waals surface area contributed by atoms with Gasteiger partial charge in [-0.2, -0.15) is 0 Å². The van der Waals surface area contributed by atoms with E-state index in [4.69, 9.17) is 14.2 Å². The Kier molecular flexibility index (Phi) is 12.2. The number of rotatable bonds is 12. The number of thiol groups is 1. The van der Waals surface area contributed by atoms with Gasteiger partial charge in [0.2, 0.25) is 5.12 Å². The van der Waals surface area contributed by atoms with Crippen LogP contribution in [0.3, 0.4) is 0 Å². The predicted octanol–water partition coefficient (Wildman–Crippen LogP) is 0.491. The van der Waals surface area contributed by atoms with Crippen LogP contribution in [0.15, 0.2) is 0 Å². The van der Waals surface area contributed by atoms with E-state index in [1.165, 1.54) is 0 Å². The molecule has 17 heavy (non-hydrogen) atoms. The second-order valence-corrected chi connectivity index (χ2v) is 4.28. The molecule has 0 aliphatic carbocycles. The van der Waals surface area contributed by atoms with Gasteiger partial charge >= 0.3 is 0 Å². The fourth-order valence-corrected chi connectivity index (χ4v) is 1.11. The average Bonchev–Trinajstić information content (AvgIpc) is 2.25. The highest BCUT2D eigenvalue weighted by atomic mass is 32.1. The Labute approximate surface area is 109 Å². The summed E-state index contributed by atoms with van der Waals surface area (Å²) in [6, 6.07) is 0.488. The van der Waals surface area contributed by atoms with Crippen LogP contribution in [-0.2, 0) is 19.0 Å². The number of hydrogen-bond acceptors (Lipinski definition) is 5. The van der Waals surface area contributed by atoms with E-state index < -0.39 is 0 Å². The maximum absolute atomic E-state index is 10.4. The molecule has 0 bridgehead atoms. The molecule has 1 N–H and O–H groups in total. The van der Waals surface area contributed by atoms with E-state index in [0.29, 0.717) is 39.1 Å². The summed E-state index contributed by atoms with van der Waals surface area (Å²) in [5.41, 5.74) is 0. The van der Waals surface area contributed by atoms with E-state index in [1.54, 1.807) is 0 Å². The smallest absolute Gasteiger partial charge is 0.211 e. The molecule has 0 aliphatic heterocycles. The Bertz CT molecular complexity index is 190. The highest BCUT2D eigenvalue weighted by Crippen LogP contribution is 1.84. The van der Waals surface area contributed by atoms with Crippen molar-refractivity contribution in [3.63, 3.8) is 0 Å². The summed E-state index contributed by atoms with van der Waals surface area (Å²) in [7, 11) is 0. The van der Waals surface area contributed by atoms with E-state index in [0.717, 1.165) is 6.54 Å². The van der Waals surface area contributed by atoms with E-state index >= 15 is 0 Å². The van der Waals surface area contributed by atoms with Crippen molar-refractivity contribution in [3.05, 3.63) is 0 Å². The van der Waals surface area contributed by atoms with Crippen LogP contribution in [0.4, 0.5) is 0 Å². The van der Waals surface area contributed by atoms with Gasteiger partial charge in [-0.15, -0.1) is 12.6 Å². The van der Waals surface area contributed by atoms with Crippen molar-refractivity contribution in [2.45, 2.75) is 19.9 Å². The summed E-state index contributed by atoms with van der Waals surface area (Å²) in [6.45, 7) is 7.75. The van der Waals surface area contributed by atoms with Crippen LogP contribution < -0.4 is 5.32 Å². The van der Waals surface area contributed by atoms with Crippen molar-refractivity contribution in [1.29, 1.82) is 0 Å². The lowest BCUT2D eigenvalue weighted by Gasteiger charge is -2.08. The first-order valence-corrected chi connectivity index (χ1v) is 6.26. The van der Waals surface area contributed by atoms with Gasteiger partial charge in [0.25, 0.3) is 0 Å². The van der Waals surface area contributed by atoms with Gasteiger partial charge in [-0.05, 0) is 0 Å². The Morgan fingerprint density at radius 1 is 1.06 bits per heavy atom. The summed E-state index contributed by atoms with van der Waals surface area (Å²) in [4.78, 5) is 10.4. The van der Waals surface area contributed by atoms with Gasteiger partial charge in [0.1, 0.15) is 6.61 Å².